The van der Waals surface area contributed by atoms with Gasteiger partial charge in [0.1, 0.15) is 5.02 Å². The van der Waals surface area contributed by atoms with Crippen LogP contribution in [0.15, 0.2) is 35.3 Å². The number of hydrogen-bond donors (Lipinski definition) is 1. The number of aromatic nitrogens is 2. The van der Waals surface area contributed by atoms with Crippen LogP contribution in [0.3, 0.4) is 0 Å². The van der Waals surface area contributed by atoms with Gasteiger partial charge in [0.15, 0.2) is 0 Å². The predicted octanol–water partition coefficient (Wildman–Crippen LogP) is 3.65. The van der Waals surface area contributed by atoms with Crippen LogP contribution in [0, 0.1) is 5.92 Å². The molecule has 1 aliphatic rings. The fourth-order valence-electron chi connectivity index (χ4n) is 2.35. The summed E-state index contributed by atoms with van der Waals surface area (Å²) >= 11 is 12.1. The van der Waals surface area contributed by atoms with Gasteiger partial charge < -0.3 is 5.32 Å². The third kappa shape index (κ3) is 3.06. The SMILES string of the molecule is Cn1ncc(N[C@H](c2ccc(Cl)cc2)C2CC2)c(Cl)c1=O. The minimum absolute atomic E-state index is 0.119. The van der Waals surface area contributed by atoms with E-state index in [2.05, 4.69) is 10.4 Å². The molecule has 0 amide bonds. The maximum Gasteiger partial charge on any atom is 0.287 e. The van der Waals surface area contributed by atoms with Gasteiger partial charge >= 0.3 is 0 Å². The Hall–Kier alpha value is -1.52. The molecule has 6 heteroatoms. The Morgan fingerprint density at radius 2 is 1.95 bits per heavy atom. The summed E-state index contributed by atoms with van der Waals surface area (Å²) < 4.78 is 1.22. The summed E-state index contributed by atoms with van der Waals surface area (Å²) in [7, 11) is 1.58. The Morgan fingerprint density at radius 1 is 1.29 bits per heavy atom. The van der Waals surface area contributed by atoms with Crippen molar-refractivity contribution in [1.82, 2.24) is 9.78 Å². The summed E-state index contributed by atoms with van der Waals surface area (Å²) in [5, 5.41) is 8.26. The van der Waals surface area contributed by atoms with Crippen molar-refractivity contribution in [3.05, 3.63) is 56.4 Å². The Balaban J connectivity index is 1.91. The van der Waals surface area contributed by atoms with Crippen molar-refractivity contribution in [3.63, 3.8) is 0 Å². The molecule has 0 radical (unpaired) electrons. The van der Waals surface area contributed by atoms with Crippen molar-refractivity contribution in [3.8, 4) is 0 Å². The standard InChI is InChI=1S/C15H15Cl2N3O/c1-20-15(21)13(17)12(8-18-20)19-14(9-2-3-9)10-4-6-11(16)7-5-10/h4-9,14,19H,2-3H2,1H3/t14-/m0/s1. The van der Waals surface area contributed by atoms with Crippen LogP contribution in [0.25, 0.3) is 0 Å². The topological polar surface area (TPSA) is 46.9 Å². The summed E-state index contributed by atoms with van der Waals surface area (Å²) in [5.74, 6) is 0.548. The third-order valence-corrected chi connectivity index (χ3v) is 4.33. The highest BCUT2D eigenvalue weighted by atomic mass is 35.5. The number of nitrogens with zero attached hydrogens (tertiary/aromatic N) is 2. The maximum atomic E-state index is 11.8. The van der Waals surface area contributed by atoms with Crippen molar-refractivity contribution in [2.24, 2.45) is 13.0 Å². The molecule has 0 spiro atoms. The monoisotopic (exact) mass is 323 g/mol. The molecule has 0 unspecified atom stereocenters. The maximum absolute atomic E-state index is 11.8. The lowest BCUT2D eigenvalue weighted by Crippen LogP contribution is -2.22. The predicted molar refractivity (Wildman–Crippen MR) is 85.0 cm³/mol. The van der Waals surface area contributed by atoms with Crippen molar-refractivity contribution in [2.75, 3.05) is 5.32 Å². The molecule has 1 fully saturated rings. The molecule has 2 aromatic rings. The van der Waals surface area contributed by atoms with Crippen LogP contribution in [0.5, 0.6) is 0 Å². The molecular formula is C15H15Cl2N3O. The number of nitrogens with one attached hydrogen (secondary N) is 1. The van der Waals surface area contributed by atoms with Crippen LogP contribution in [0.2, 0.25) is 10.0 Å². The fraction of sp³-hybridized carbons (Fsp3) is 0.333. The lowest BCUT2D eigenvalue weighted by Gasteiger charge is -2.20. The van der Waals surface area contributed by atoms with E-state index >= 15 is 0 Å². The average Bonchev–Trinajstić information content (AvgIpc) is 3.30. The van der Waals surface area contributed by atoms with Gasteiger partial charge in [0, 0.05) is 12.1 Å². The lowest BCUT2D eigenvalue weighted by atomic mass is 10.0. The molecule has 1 N–H and O–H groups in total. The van der Waals surface area contributed by atoms with E-state index in [1.54, 1.807) is 13.2 Å². The van der Waals surface area contributed by atoms with Crippen molar-refractivity contribution >= 4 is 28.9 Å². The molecule has 0 aliphatic heterocycles. The number of rotatable bonds is 4. The first-order valence-electron chi connectivity index (χ1n) is 6.80. The zero-order valence-corrected chi connectivity index (χ0v) is 13.0. The molecule has 1 heterocycles. The summed E-state index contributed by atoms with van der Waals surface area (Å²) in [6.45, 7) is 0. The third-order valence-electron chi connectivity index (χ3n) is 3.71. The Labute approximate surface area is 132 Å². The van der Waals surface area contributed by atoms with E-state index in [4.69, 9.17) is 23.2 Å². The summed E-state index contributed by atoms with van der Waals surface area (Å²) in [5.41, 5.74) is 1.41. The molecule has 0 bridgehead atoms. The highest BCUT2D eigenvalue weighted by Gasteiger charge is 2.32. The minimum atomic E-state index is -0.299. The first kappa shape index (κ1) is 14.4. The van der Waals surface area contributed by atoms with Crippen LogP contribution in [-0.4, -0.2) is 9.78 Å². The van der Waals surface area contributed by atoms with Gasteiger partial charge in [0.25, 0.3) is 5.56 Å². The van der Waals surface area contributed by atoms with Crippen molar-refractivity contribution < 1.29 is 0 Å². The Kier molecular flexibility index (Phi) is 3.91. The lowest BCUT2D eigenvalue weighted by molar-refractivity contribution is 0.669. The zero-order valence-electron chi connectivity index (χ0n) is 11.5. The van der Waals surface area contributed by atoms with Gasteiger partial charge in [-0.05, 0) is 36.5 Å². The molecule has 110 valence electrons. The quantitative estimate of drug-likeness (QED) is 0.934. The van der Waals surface area contributed by atoms with Gasteiger partial charge in [0.05, 0.1) is 17.9 Å². The van der Waals surface area contributed by atoms with E-state index in [9.17, 15) is 4.79 Å². The van der Waals surface area contributed by atoms with E-state index in [0.717, 1.165) is 18.4 Å². The number of hydrogen-bond acceptors (Lipinski definition) is 3. The second-order valence-electron chi connectivity index (χ2n) is 5.31. The second-order valence-corrected chi connectivity index (χ2v) is 6.13. The molecule has 1 atom stereocenters. The number of halogens is 2. The smallest absolute Gasteiger partial charge is 0.287 e. The van der Waals surface area contributed by atoms with Gasteiger partial charge in [-0.2, -0.15) is 5.10 Å². The van der Waals surface area contributed by atoms with Crippen LogP contribution in [0.4, 0.5) is 5.69 Å². The fourth-order valence-corrected chi connectivity index (χ4v) is 2.70. The Bertz CT molecular complexity index is 708. The van der Waals surface area contributed by atoms with E-state index in [1.807, 2.05) is 24.3 Å². The van der Waals surface area contributed by atoms with E-state index in [-0.39, 0.29) is 16.6 Å². The first-order chi connectivity index (χ1) is 10.1. The first-order valence-corrected chi connectivity index (χ1v) is 7.55. The molecule has 3 rings (SSSR count). The number of benzene rings is 1. The van der Waals surface area contributed by atoms with Crippen molar-refractivity contribution in [2.45, 2.75) is 18.9 Å². The van der Waals surface area contributed by atoms with E-state index in [0.29, 0.717) is 16.6 Å². The van der Waals surface area contributed by atoms with Gasteiger partial charge in [-0.1, -0.05) is 35.3 Å². The largest absolute Gasteiger partial charge is 0.375 e. The summed E-state index contributed by atoms with van der Waals surface area (Å²) in [6, 6.07) is 7.87. The normalized spacial score (nSPS) is 15.8. The Morgan fingerprint density at radius 3 is 2.57 bits per heavy atom. The zero-order chi connectivity index (χ0) is 15.0. The highest BCUT2D eigenvalue weighted by Crippen LogP contribution is 2.43. The van der Waals surface area contributed by atoms with Gasteiger partial charge in [0.2, 0.25) is 0 Å². The van der Waals surface area contributed by atoms with Crippen LogP contribution >= 0.6 is 23.2 Å². The minimum Gasteiger partial charge on any atom is -0.375 e. The molecule has 21 heavy (non-hydrogen) atoms. The summed E-state index contributed by atoms with van der Waals surface area (Å²) in [6.07, 6.45) is 3.92. The molecule has 1 saturated carbocycles. The molecule has 1 aliphatic carbocycles. The summed E-state index contributed by atoms with van der Waals surface area (Å²) in [4.78, 5) is 11.8. The van der Waals surface area contributed by atoms with Gasteiger partial charge in [-0.15, -0.1) is 0 Å². The van der Waals surface area contributed by atoms with Crippen LogP contribution in [0.1, 0.15) is 24.4 Å². The van der Waals surface area contributed by atoms with Crippen LogP contribution < -0.4 is 10.9 Å². The average molecular weight is 324 g/mol. The molecule has 1 aromatic heterocycles. The highest BCUT2D eigenvalue weighted by molar-refractivity contribution is 6.33. The van der Waals surface area contributed by atoms with Crippen LogP contribution in [-0.2, 0) is 7.05 Å². The van der Waals surface area contributed by atoms with Crippen molar-refractivity contribution in [1.29, 1.82) is 0 Å². The van der Waals surface area contributed by atoms with E-state index < -0.39 is 0 Å². The molecular weight excluding hydrogens is 309 g/mol. The molecule has 1 aromatic carbocycles. The van der Waals surface area contributed by atoms with Gasteiger partial charge in [-0.25, -0.2) is 4.68 Å². The molecule has 0 saturated heterocycles. The number of anilines is 1. The number of aryl methyl sites for hydroxylation is 1. The second kappa shape index (κ2) is 5.70. The van der Waals surface area contributed by atoms with E-state index in [1.165, 1.54) is 4.68 Å². The molecule has 4 nitrogen and oxygen atoms in total. The van der Waals surface area contributed by atoms with Gasteiger partial charge in [-0.3, -0.25) is 4.79 Å².